The van der Waals surface area contributed by atoms with E-state index in [1.807, 2.05) is 4.90 Å². The number of amides is 1. The lowest BCUT2D eigenvalue weighted by atomic mass is 9.87. The molecule has 1 fully saturated rings. The predicted molar refractivity (Wildman–Crippen MR) is 87.9 cm³/mol. The first-order chi connectivity index (χ1) is 9.97. The molecule has 21 heavy (non-hydrogen) atoms. The molecule has 3 nitrogen and oxygen atoms in total. The summed E-state index contributed by atoms with van der Waals surface area (Å²) >= 11 is 0. The van der Waals surface area contributed by atoms with Gasteiger partial charge in [0.15, 0.2) is 0 Å². The summed E-state index contributed by atoms with van der Waals surface area (Å²) in [5.41, 5.74) is 3.76. The third-order valence-corrected chi connectivity index (χ3v) is 5.22. The van der Waals surface area contributed by atoms with E-state index in [1.165, 1.54) is 17.7 Å². The highest BCUT2D eigenvalue weighted by atomic mass is 16.2. The van der Waals surface area contributed by atoms with Gasteiger partial charge in [-0.25, -0.2) is 0 Å². The van der Waals surface area contributed by atoms with Crippen LogP contribution in [0.1, 0.15) is 39.7 Å². The molecule has 0 radical (unpaired) electrons. The Kier molecular flexibility index (Phi) is 3.68. The zero-order valence-corrected chi connectivity index (χ0v) is 13.6. The summed E-state index contributed by atoms with van der Waals surface area (Å²) in [6.07, 6.45) is 2.35. The number of carbonyl (C=O) groups is 1. The molecule has 1 aromatic rings. The Bertz CT molecular complexity index is 554. The van der Waals surface area contributed by atoms with Gasteiger partial charge in [0.2, 0.25) is 5.91 Å². The second kappa shape index (κ2) is 5.36. The number of fused-ring (bicyclic) bond motifs is 1. The van der Waals surface area contributed by atoms with E-state index >= 15 is 0 Å². The van der Waals surface area contributed by atoms with Crippen LogP contribution < -0.4 is 9.80 Å². The van der Waals surface area contributed by atoms with Crippen LogP contribution in [0.2, 0.25) is 0 Å². The Hall–Kier alpha value is -1.51. The van der Waals surface area contributed by atoms with E-state index in [1.54, 1.807) is 6.92 Å². The van der Waals surface area contributed by atoms with Gasteiger partial charge in [-0.05, 0) is 55.4 Å². The van der Waals surface area contributed by atoms with Gasteiger partial charge in [-0.15, -0.1) is 0 Å². The van der Waals surface area contributed by atoms with Gasteiger partial charge in [-0.3, -0.25) is 4.79 Å². The highest BCUT2D eigenvalue weighted by Crippen LogP contribution is 2.37. The van der Waals surface area contributed by atoms with Crippen LogP contribution in [0.5, 0.6) is 0 Å². The van der Waals surface area contributed by atoms with E-state index in [0.717, 1.165) is 31.1 Å². The van der Waals surface area contributed by atoms with E-state index in [9.17, 15) is 4.79 Å². The molecule has 1 aromatic carbocycles. The number of hydrogen-bond donors (Lipinski definition) is 0. The number of benzene rings is 1. The third-order valence-electron chi connectivity index (χ3n) is 5.22. The fourth-order valence-corrected chi connectivity index (χ4v) is 3.78. The van der Waals surface area contributed by atoms with E-state index in [4.69, 9.17) is 0 Å². The Balaban J connectivity index is 1.95. The molecule has 3 rings (SSSR count). The van der Waals surface area contributed by atoms with Gasteiger partial charge < -0.3 is 9.80 Å². The Labute approximate surface area is 127 Å². The van der Waals surface area contributed by atoms with Crippen molar-refractivity contribution >= 4 is 17.3 Å². The van der Waals surface area contributed by atoms with Crippen LogP contribution in [0.4, 0.5) is 11.4 Å². The van der Waals surface area contributed by atoms with Crippen LogP contribution in [0, 0.1) is 11.8 Å². The highest BCUT2D eigenvalue weighted by Gasteiger charge is 2.31. The van der Waals surface area contributed by atoms with Gasteiger partial charge in [0.1, 0.15) is 0 Å². The summed E-state index contributed by atoms with van der Waals surface area (Å²) < 4.78 is 0. The molecule has 0 aromatic heterocycles. The van der Waals surface area contributed by atoms with Gasteiger partial charge in [0, 0.05) is 37.4 Å². The van der Waals surface area contributed by atoms with Crippen molar-refractivity contribution < 1.29 is 4.79 Å². The average Bonchev–Trinajstić information content (AvgIpc) is 2.86. The topological polar surface area (TPSA) is 23.6 Å². The lowest BCUT2D eigenvalue weighted by Gasteiger charge is -2.39. The van der Waals surface area contributed by atoms with E-state index in [2.05, 4.69) is 43.9 Å². The quantitative estimate of drug-likeness (QED) is 0.789. The summed E-state index contributed by atoms with van der Waals surface area (Å²) in [5.74, 6) is 1.45. The summed E-state index contributed by atoms with van der Waals surface area (Å²) in [6, 6.07) is 6.94. The van der Waals surface area contributed by atoms with Crippen molar-refractivity contribution in [1.82, 2.24) is 0 Å². The van der Waals surface area contributed by atoms with Crippen molar-refractivity contribution in [2.45, 2.75) is 46.6 Å². The number of anilines is 2. The second-order valence-corrected chi connectivity index (χ2v) is 6.96. The Morgan fingerprint density at radius 3 is 2.62 bits per heavy atom. The summed E-state index contributed by atoms with van der Waals surface area (Å²) in [6.45, 7) is 10.7. The molecule has 3 heteroatoms. The predicted octanol–water partition coefficient (Wildman–Crippen LogP) is 3.47. The molecular formula is C18H26N2O. The standard InChI is InChI=1S/C18H26N2O/c1-12-7-8-19(11-12)17-5-6-18-16(10-17)9-13(2)14(3)20(18)15(4)21/h5-6,10,12-14H,7-9,11H2,1-4H3/t12?,13?,14-/m0/s1. The van der Waals surface area contributed by atoms with Crippen LogP contribution in [0.25, 0.3) is 0 Å². The van der Waals surface area contributed by atoms with Crippen molar-refractivity contribution in [2.24, 2.45) is 11.8 Å². The normalized spacial score (nSPS) is 28.7. The van der Waals surface area contributed by atoms with Gasteiger partial charge >= 0.3 is 0 Å². The smallest absolute Gasteiger partial charge is 0.224 e. The van der Waals surface area contributed by atoms with Crippen molar-refractivity contribution in [2.75, 3.05) is 22.9 Å². The maximum absolute atomic E-state index is 12.0. The minimum Gasteiger partial charge on any atom is -0.371 e. The first-order valence-electron chi connectivity index (χ1n) is 8.15. The summed E-state index contributed by atoms with van der Waals surface area (Å²) in [5, 5.41) is 0. The number of nitrogens with zero attached hydrogens (tertiary/aromatic N) is 2. The molecule has 0 N–H and O–H groups in total. The van der Waals surface area contributed by atoms with Crippen molar-refractivity contribution in [3.63, 3.8) is 0 Å². The average molecular weight is 286 g/mol. The Morgan fingerprint density at radius 2 is 2.00 bits per heavy atom. The molecule has 114 valence electrons. The molecule has 3 atom stereocenters. The third kappa shape index (κ3) is 2.54. The molecule has 0 saturated carbocycles. The number of hydrogen-bond acceptors (Lipinski definition) is 2. The maximum atomic E-state index is 12.0. The van der Waals surface area contributed by atoms with Crippen LogP contribution in [-0.2, 0) is 11.2 Å². The molecule has 2 unspecified atom stereocenters. The molecule has 2 aliphatic heterocycles. The molecule has 2 aliphatic rings. The zero-order chi connectivity index (χ0) is 15.1. The van der Waals surface area contributed by atoms with E-state index in [-0.39, 0.29) is 11.9 Å². The lowest BCUT2D eigenvalue weighted by molar-refractivity contribution is -0.117. The molecule has 1 saturated heterocycles. The van der Waals surface area contributed by atoms with Gasteiger partial charge in [-0.1, -0.05) is 13.8 Å². The zero-order valence-electron chi connectivity index (χ0n) is 13.6. The van der Waals surface area contributed by atoms with E-state index < -0.39 is 0 Å². The Morgan fingerprint density at radius 1 is 1.24 bits per heavy atom. The fourth-order valence-electron chi connectivity index (χ4n) is 3.78. The van der Waals surface area contributed by atoms with Gasteiger partial charge in [0.05, 0.1) is 0 Å². The monoisotopic (exact) mass is 286 g/mol. The first-order valence-corrected chi connectivity index (χ1v) is 8.15. The maximum Gasteiger partial charge on any atom is 0.224 e. The summed E-state index contributed by atoms with van der Waals surface area (Å²) in [7, 11) is 0. The molecule has 2 heterocycles. The minimum absolute atomic E-state index is 0.151. The van der Waals surface area contributed by atoms with Crippen LogP contribution in [0.3, 0.4) is 0 Å². The summed E-state index contributed by atoms with van der Waals surface area (Å²) in [4.78, 5) is 16.5. The minimum atomic E-state index is 0.151. The van der Waals surface area contributed by atoms with Crippen LogP contribution in [0.15, 0.2) is 18.2 Å². The second-order valence-electron chi connectivity index (χ2n) is 6.96. The fraction of sp³-hybridized carbons (Fsp3) is 0.611. The molecule has 0 spiro atoms. The highest BCUT2D eigenvalue weighted by molar-refractivity contribution is 5.94. The molecular weight excluding hydrogens is 260 g/mol. The van der Waals surface area contributed by atoms with Crippen molar-refractivity contribution in [1.29, 1.82) is 0 Å². The van der Waals surface area contributed by atoms with Gasteiger partial charge in [-0.2, -0.15) is 0 Å². The van der Waals surface area contributed by atoms with E-state index in [0.29, 0.717) is 5.92 Å². The van der Waals surface area contributed by atoms with Crippen LogP contribution >= 0.6 is 0 Å². The lowest BCUT2D eigenvalue weighted by Crippen LogP contribution is -2.45. The number of carbonyl (C=O) groups excluding carboxylic acids is 1. The molecule has 1 amide bonds. The SMILES string of the molecule is CC(=O)N1c2ccc(N3CCC(C)C3)cc2CC(C)[C@@H]1C. The van der Waals surface area contributed by atoms with Crippen molar-refractivity contribution in [3.8, 4) is 0 Å². The van der Waals surface area contributed by atoms with Gasteiger partial charge in [0.25, 0.3) is 0 Å². The first kappa shape index (κ1) is 14.4. The molecule has 0 bridgehead atoms. The number of rotatable bonds is 1. The van der Waals surface area contributed by atoms with Crippen LogP contribution in [-0.4, -0.2) is 25.0 Å². The largest absolute Gasteiger partial charge is 0.371 e. The molecule has 0 aliphatic carbocycles. The van der Waals surface area contributed by atoms with Crippen molar-refractivity contribution in [3.05, 3.63) is 23.8 Å².